The molecule has 0 amide bonds. The topological polar surface area (TPSA) is 45.2 Å². The molecule has 1 aliphatic heterocycles. The van der Waals surface area contributed by atoms with E-state index in [4.69, 9.17) is 0 Å². The number of anilines is 2. The van der Waals surface area contributed by atoms with Gasteiger partial charge in [0.1, 0.15) is 12.1 Å². The zero-order valence-electron chi connectivity index (χ0n) is 12.4. The van der Waals surface area contributed by atoms with Crippen LogP contribution in [0.25, 0.3) is 10.2 Å². The first kappa shape index (κ1) is 13.5. The van der Waals surface area contributed by atoms with Gasteiger partial charge in [0.05, 0.1) is 10.2 Å². The molecule has 0 aromatic carbocycles. The molecule has 0 radical (unpaired) electrons. The average molecular weight is 311 g/mol. The zero-order valence-corrected chi connectivity index (χ0v) is 13.3. The molecule has 22 heavy (non-hydrogen) atoms. The first-order chi connectivity index (χ1) is 10.8. The second-order valence-corrected chi connectivity index (χ2v) is 6.38. The third-order valence-electron chi connectivity index (χ3n) is 4.05. The summed E-state index contributed by atoms with van der Waals surface area (Å²) in [4.78, 5) is 17.9. The molecule has 0 saturated carbocycles. The predicted molar refractivity (Wildman–Crippen MR) is 90.8 cm³/mol. The highest BCUT2D eigenvalue weighted by molar-refractivity contribution is 7.17. The smallest absolute Gasteiger partial charge is 0.150 e. The van der Waals surface area contributed by atoms with Gasteiger partial charge in [-0.05, 0) is 30.5 Å². The van der Waals surface area contributed by atoms with E-state index in [0.29, 0.717) is 0 Å². The highest BCUT2D eigenvalue weighted by Gasteiger charge is 2.20. The van der Waals surface area contributed by atoms with Gasteiger partial charge in [-0.25, -0.2) is 9.97 Å². The lowest BCUT2D eigenvalue weighted by molar-refractivity contribution is 0.648. The first-order valence-corrected chi connectivity index (χ1v) is 8.30. The lowest BCUT2D eigenvalue weighted by Crippen LogP contribution is -2.46. The molecule has 0 bridgehead atoms. The van der Waals surface area contributed by atoms with Crippen molar-refractivity contribution in [1.29, 1.82) is 0 Å². The molecule has 5 nitrogen and oxygen atoms in total. The van der Waals surface area contributed by atoms with E-state index in [2.05, 4.69) is 48.3 Å². The van der Waals surface area contributed by atoms with Gasteiger partial charge in [0.25, 0.3) is 0 Å². The third kappa shape index (κ3) is 2.39. The quantitative estimate of drug-likeness (QED) is 0.728. The molecule has 6 heteroatoms. The second-order valence-electron chi connectivity index (χ2n) is 5.46. The summed E-state index contributed by atoms with van der Waals surface area (Å²) >= 11 is 1.72. The molecule has 1 fully saturated rings. The van der Waals surface area contributed by atoms with Crippen LogP contribution >= 0.6 is 11.3 Å². The Hall–Kier alpha value is -2.21. The molecule has 112 valence electrons. The van der Waals surface area contributed by atoms with E-state index in [9.17, 15) is 0 Å². The maximum absolute atomic E-state index is 4.51. The summed E-state index contributed by atoms with van der Waals surface area (Å²) in [6.45, 7) is 5.99. The number of aromatic nitrogens is 3. The van der Waals surface area contributed by atoms with Crippen molar-refractivity contribution in [2.45, 2.75) is 6.92 Å². The van der Waals surface area contributed by atoms with Gasteiger partial charge in [0.15, 0.2) is 0 Å². The van der Waals surface area contributed by atoms with Crippen LogP contribution in [0.1, 0.15) is 5.69 Å². The van der Waals surface area contributed by atoms with Crippen LogP contribution in [-0.2, 0) is 0 Å². The molecule has 0 N–H and O–H groups in total. The number of hydrogen-bond donors (Lipinski definition) is 0. The maximum atomic E-state index is 4.51. The summed E-state index contributed by atoms with van der Waals surface area (Å²) in [5, 5.41) is 2.08. The van der Waals surface area contributed by atoms with Crippen molar-refractivity contribution in [3.63, 3.8) is 0 Å². The van der Waals surface area contributed by atoms with Crippen molar-refractivity contribution in [3.8, 4) is 0 Å². The number of pyridine rings is 1. The van der Waals surface area contributed by atoms with E-state index in [-0.39, 0.29) is 0 Å². The van der Waals surface area contributed by atoms with Crippen molar-refractivity contribution in [2.24, 2.45) is 0 Å². The van der Waals surface area contributed by atoms with Gasteiger partial charge in [-0.3, -0.25) is 4.98 Å². The Balaban J connectivity index is 1.53. The predicted octanol–water partition coefficient (Wildman–Crippen LogP) is 2.72. The molecule has 0 atom stereocenters. The second kappa shape index (κ2) is 5.53. The number of aryl methyl sites for hydroxylation is 1. The summed E-state index contributed by atoms with van der Waals surface area (Å²) in [5.41, 5.74) is 3.37. The Morgan fingerprint density at radius 1 is 1.00 bits per heavy atom. The van der Waals surface area contributed by atoms with Crippen LogP contribution < -0.4 is 9.80 Å². The zero-order chi connectivity index (χ0) is 14.9. The fourth-order valence-electron chi connectivity index (χ4n) is 2.90. The van der Waals surface area contributed by atoms with Crippen molar-refractivity contribution in [1.82, 2.24) is 15.0 Å². The largest absolute Gasteiger partial charge is 0.368 e. The summed E-state index contributed by atoms with van der Waals surface area (Å²) < 4.78 is 1.19. The molecular weight excluding hydrogens is 294 g/mol. The average Bonchev–Trinajstić information content (AvgIpc) is 3.04. The van der Waals surface area contributed by atoms with Gasteiger partial charge in [-0.2, -0.15) is 0 Å². The lowest BCUT2D eigenvalue weighted by atomic mass is 10.2. The fraction of sp³-hybridized carbons (Fsp3) is 0.312. The van der Waals surface area contributed by atoms with Gasteiger partial charge in [-0.1, -0.05) is 0 Å². The van der Waals surface area contributed by atoms with E-state index in [0.717, 1.165) is 43.2 Å². The van der Waals surface area contributed by atoms with E-state index in [1.54, 1.807) is 17.7 Å². The van der Waals surface area contributed by atoms with Crippen molar-refractivity contribution in [2.75, 3.05) is 36.0 Å². The van der Waals surface area contributed by atoms with E-state index < -0.39 is 0 Å². The van der Waals surface area contributed by atoms with Crippen LogP contribution in [0.15, 0.2) is 36.1 Å². The minimum atomic E-state index is 0.978. The SMILES string of the molecule is Cc1cc(N2CCN(c3ncnc4ccsc34)CC2)ccn1. The normalized spacial score (nSPS) is 15.5. The number of hydrogen-bond acceptors (Lipinski definition) is 6. The molecule has 1 saturated heterocycles. The standard InChI is InChI=1S/C16H17N5S/c1-12-10-13(2-4-17-12)20-5-7-21(8-6-20)16-15-14(3-9-22-15)18-11-19-16/h2-4,9-11H,5-8H2,1H3. The van der Waals surface area contributed by atoms with Crippen LogP contribution in [0.4, 0.5) is 11.5 Å². The van der Waals surface area contributed by atoms with Crippen LogP contribution in [0.5, 0.6) is 0 Å². The van der Waals surface area contributed by atoms with Crippen LogP contribution in [-0.4, -0.2) is 41.1 Å². The Kier molecular flexibility index (Phi) is 3.38. The van der Waals surface area contributed by atoms with E-state index in [1.807, 2.05) is 13.1 Å². The van der Waals surface area contributed by atoms with Gasteiger partial charge in [0.2, 0.25) is 0 Å². The van der Waals surface area contributed by atoms with E-state index >= 15 is 0 Å². The van der Waals surface area contributed by atoms with Gasteiger partial charge >= 0.3 is 0 Å². The summed E-state index contributed by atoms with van der Waals surface area (Å²) in [7, 11) is 0. The first-order valence-electron chi connectivity index (χ1n) is 7.42. The molecule has 4 rings (SSSR count). The van der Waals surface area contributed by atoms with Crippen molar-refractivity contribution in [3.05, 3.63) is 41.8 Å². The monoisotopic (exact) mass is 311 g/mol. The molecule has 0 unspecified atom stereocenters. The Labute approximate surface area is 133 Å². The van der Waals surface area contributed by atoms with Gasteiger partial charge < -0.3 is 9.80 Å². The molecule has 3 aromatic rings. The minimum absolute atomic E-state index is 0.978. The van der Waals surface area contributed by atoms with Gasteiger partial charge in [-0.15, -0.1) is 11.3 Å². The van der Waals surface area contributed by atoms with Crippen LogP contribution in [0, 0.1) is 6.92 Å². The minimum Gasteiger partial charge on any atom is -0.368 e. The number of thiophene rings is 1. The van der Waals surface area contributed by atoms with Gasteiger partial charge in [0, 0.05) is 43.8 Å². The molecule has 0 spiro atoms. The highest BCUT2D eigenvalue weighted by Crippen LogP contribution is 2.29. The Bertz CT molecular complexity index is 792. The maximum Gasteiger partial charge on any atom is 0.150 e. The molecular formula is C16H17N5S. The van der Waals surface area contributed by atoms with Crippen LogP contribution in [0.2, 0.25) is 0 Å². The summed E-state index contributed by atoms with van der Waals surface area (Å²) in [6, 6.07) is 6.30. The van der Waals surface area contributed by atoms with Crippen molar-refractivity contribution < 1.29 is 0 Å². The number of fused-ring (bicyclic) bond motifs is 1. The molecule has 0 aliphatic carbocycles. The lowest BCUT2D eigenvalue weighted by Gasteiger charge is -2.36. The molecule has 4 heterocycles. The molecule has 3 aromatic heterocycles. The van der Waals surface area contributed by atoms with Crippen LogP contribution in [0.3, 0.4) is 0 Å². The number of rotatable bonds is 2. The Morgan fingerprint density at radius 3 is 2.64 bits per heavy atom. The van der Waals surface area contributed by atoms with E-state index in [1.165, 1.54) is 10.4 Å². The molecule has 1 aliphatic rings. The Morgan fingerprint density at radius 2 is 1.82 bits per heavy atom. The number of nitrogens with zero attached hydrogens (tertiary/aromatic N) is 5. The highest BCUT2D eigenvalue weighted by atomic mass is 32.1. The summed E-state index contributed by atoms with van der Waals surface area (Å²) in [5.74, 6) is 1.07. The fourth-order valence-corrected chi connectivity index (χ4v) is 3.77. The number of piperazine rings is 1. The summed E-state index contributed by atoms with van der Waals surface area (Å²) in [6.07, 6.45) is 3.56. The van der Waals surface area contributed by atoms with Crippen molar-refractivity contribution >= 4 is 33.1 Å². The third-order valence-corrected chi connectivity index (χ3v) is 4.95.